The molecule has 3 rings (SSSR count). The van der Waals surface area contributed by atoms with Gasteiger partial charge in [0.2, 0.25) is 5.91 Å². The lowest BCUT2D eigenvalue weighted by molar-refractivity contribution is -0.125. The highest BCUT2D eigenvalue weighted by Gasteiger charge is 2.25. The minimum absolute atomic E-state index is 0.109. The molecule has 2 aromatic rings. The minimum Gasteiger partial charge on any atom is -0.356 e. The fourth-order valence-electron chi connectivity index (χ4n) is 2.98. The van der Waals surface area contributed by atoms with Crippen molar-refractivity contribution in [1.29, 1.82) is 0 Å². The number of hydrogen-bond acceptors (Lipinski definition) is 5. The molecule has 0 aliphatic carbocycles. The monoisotopic (exact) mass is 339 g/mol. The fraction of sp³-hybridized carbons (Fsp3) is 0.474. The maximum absolute atomic E-state index is 12.2. The van der Waals surface area contributed by atoms with Crippen LogP contribution in [0.25, 0.3) is 11.3 Å². The summed E-state index contributed by atoms with van der Waals surface area (Å²) in [7, 11) is 0. The molecular weight excluding hydrogens is 314 g/mol. The van der Waals surface area contributed by atoms with Gasteiger partial charge in [-0.05, 0) is 43.0 Å². The van der Waals surface area contributed by atoms with Crippen molar-refractivity contribution in [3.63, 3.8) is 0 Å². The van der Waals surface area contributed by atoms with E-state index >= 15 is 0 Å². The molecule has 6 heteroatoms. The molecule has 2 aromatic heterocycles. The molecule has 0 aromatic carbocycles. The third kappa shape index (κ3) is 4.53. The molecule has 6 nitrogen and oxygen atoms in total. The van der Waals surface area contributed by atoms with Crippen LogP contribution in [0.3, 0.4) is 0 Å². The molecule has 1 amide bonds. The van der Waals surface area contributed by atoms with Gasteiger partial charge in [0.15, 0.2) is 5.82 Å². The van der Waals surface area contributed by atoms with Crippen LogP contribution in [0.15, 0.2) is 36.7 Å². The van der Waals surface area contributed by atoms with Gasteiger partial charge in [0, 0.05) is 43.5 Å². The van der Waals surface area contributed by atoms with Gasteiger partial charge in [-0.25, -0.2) is 0 Å². The summed E-state index contributed by atoms with van der Waals surface area (Å²) in [6.45, 7) is 6.63. The molecule has 1 saturated heterocycles. The number of amides is 1. The first-order chi connectivity index (χ1) is 12.1. The molecule has 3 heterocycles. The molecule has 132 valence electrons. The van der Waals surface area contributed by atoms with E-state index < -0.39 is 0 Å². The number of nitrogens with one attached hydrogen (secondary N) is 1. The van der Waals surface area contributed by atoms with Crippen molar-refractivity contribution in [3.8, 4) is 11.3 Å². The zero-order chi connectivity index (χ0) is 17.6. The lowest BCUT2D eigenvalue weighted by atomic mass is 9.95. The van der Waals surface area contributed by atoms with E-state index in [1.807, 2.05) is 24.3 Å². The second-order valence-corrected chi connectivity index (χ2v) is 6.92. The van der Waals surface area contributed by atoms with Crippen LogP contribution in [0.5, 0.6) is 0 Å². The lowest BCUT2D eigenvalue weighted by Gasteiger charge is -2.32. The molecule has 0 spiro atoms. The van der Waals surface area contributed by atoms with Gasteiger partial charge in [-0.3, -0.25) is 9.78 Å². The summed E-state index contributed by atoms with van der Waals surface area (Å²) in [5.74, 6) is 1.65. The van der Waals surface area contributed by atoms with Gasteiger partial charge >= 0.3 is 0 Å². The maximum Gasteiger partial charge on any atom is 0.223 e. The summed E-state index contributed by atoms with van der Waals surface area (Å²) in [6.07, 6.45) is 5.24. The van der Waals surface area contributed by atoms with Crippen LogP contribution in [0.2, 0.25) is 0 Å². The highest BCUT2D eigenvalue weighted by atomic mass is 16.1. The Balaban J connectivity index is 1.55. The SMILES string of the molecule is CC(C)CNC(=O)C1CCN(c2ccc(-c3cccnc3)nn2)CC1. The predicted molar refractivity (Wildman–Crippen MR) is 98.0 cm³/mol. The number of hydrogen-bond donors (Lipinski definition) is 1. The number of carbonyl (C=O) groups is 1. The Labute approximate surface area is 148 Å². The Bertz CT molecular complexity index is 679. The smallest absolute Gasteiger partial charge is 0.223 e. The van der Waals surface area contributed by atoms with Crippen molar-refractivity contribution in [2.24, 2.45) is 11.8 Å². The van der Waals surface area contributed by atoms with Gasteiger partial charge in [-0.1, -0.05) is 13.8 Å². The molecule has 1 aliphatic heterocycles. The zero-order valence-electron chi connectivity index (χ0n) is 14.9. The number of anilines is 1. The standard InChI is InChI=1S/C19H25N5O/c1-14(2)12-21-19(25)15-7-10-24(11-8-15)18-6-5-17(22-23-18)16-4-3-9-20-13-16/h3-6,9,13-15H,7-8,10-12H2,1-2H3,(H,21,25). The fourth-order valence-corrected chi connectivity index (χ4v) is 2.98. The van der Waals surface area contributed by atoms with Gasteiger partial charge in [-0.2, -0.15) is 0 Å². The molecule has 1 N–H and O–H groups in total. The molecule has 25 heavy (non-hydrogen) atoms. The number of aromatic nitrogens is 3. The van der Waals surface area contributed by atoms with Crippen LogP contribution in [-0.4, -0.2) is 40.7 Å². The van der Waals surface area contributed by atoms with Crippen molar-refractivity contribution >= 4 is 11.7 Å². The van der Waals surface area contributed by atoms with Gasteiger partial charge in [0.05, 0.1) is 5.69 Å². The van der Waals surface area contributed by atoms with E-state index in [2.05, 4.69) is 39.2 Å². The Kier molecular flexibility index (Phi) is 5.58. The largest absolute Gasteiger partial charge is 0.356 e. The Morgan fingerprint density at radius 2 is 2.04 bits per heavy atom. The number of carbonyl (C=O) groups excluding carboxylic acids is 1. The van der Waals surface area contributed by atoms with Crippen LogP contribution in [0, 0.1) is 11.8 Å². The summed E-state index contributed by atoms with van der Waals surface area (Å²) in [4.78, 5) is 18.5. The van der Waals surface area contributed by atoms with E-state index in [4.69, 9.17) is 0 Å². The molecule has 1 fully saturated rings. The van der Waals surface area contributed by atoms with Gasteiger partial charge < -0.3 is 10.2 Å². The van der Waals surface area contributed by atoms with Crippen LogP contribution < -0.4 is 10.2 Å². The second kappa shape index (κ2) is 8.05. The van der Waals surface area contributed by atoms with E-state index in [0.29, 0.717) is 5.92 Å². The van der Waals surface area contributed by atoms with Crippen LogP contribution in [0.1, 0.15) is 26.7 Å². The molecule has 0 saturated carbocycles. The van der Waals surface area contributed by atoms with Crippen molar-refractivity contribution < 1.29 is 4.79 Å². The number of rotatable bonds is 5. The maximum atomic E-state index is 12.2. The first-order valence-electron chi connectivity index (χ1n) is 8.90. The molecule has 0 radical (unpaired) electrons. The third-order valence-electron chi connectivity index (χ3n) is 4.48. The topological polar surface area (TPSA) is 71.0 Å². The summed E-state index contributed by atoms with van der Waals surface area (Å²) in [5, 5.41) is 11.7. The van der Waals surface area contributed by atoms with Crippen LogP contribution in [-0.2, 0) is 4.79 Å². The van der Waals surface area contributed by atoms with E-state index in [9.17, 15) is 4.79 Å². The average molecular weight is 339 g/mol. The molecule has 0 bridgehead atoms. The second-order valence-electron chi connectivity index (χ2n) is 6.92. The third-order valence-corrected chi connectivity index (χ3v) is 4.48. The van der Waals surface area contributed by atoms with Crippen molar-refractivity contribution in [1.82, 2.24) is 20.5 Å². The molecular formula is C19H25N5O. The average Bonchev–Trinajstić information content (AvgIpc) is 2.67. The number of nitrogens with zero attached hydrogens (tertiary/aromatic N) is 4. The normalized spacial score (nSPS) is 15.4. The van der Waals surface area contributed by atoms with Crippen LogP contribution in [0.4, 0.5) is 5.82 Å². The van der Waals surface area contributed by atoms with Crippen molar-refractivity contribution in [3.05, 3.63) is 36.7 Å². The predicted octanol–water partition coefficient (Wildman–Crippen LogP) is 2.53. The quantitative estimate of drug-likeness (QED) is 0.906. The highest BCUT2D eigenvalue weighted by Crippen LogP contribution is 2.23. The molecule has 0 atom stereocenters. The summed E-state index contributed by atoms with van der Waals surface area (Å²) in [6, 6.07) is 7.83. The van der Waals surface area contributed by atoms with Crippen molar-refractivity contribution in [2.75, 3.05) is 24.5 Å². The van der Waals surface area contributed by atoms with Gasteiger partial charge in [0.25, 0.3) is 0 Å². The van der Waals surface area contributed by atoms with E-state index in [-0.39, 0.29) is 11.8 Å². The highest BCUT2D eigenvalue weighted by molar-refractivity contribution is 5.79. The summed E-state index contributed by atoms with van der Waals surface area (Å²) < 4.78 is 0. The first-order valence-corrected chi connectivity index (χ1v) is 8.90. The van der Waals surface area contributed by atoms with Gasteiger partial charge in [-0.15, -0.1) is 10.2 Å². The Morgan fingerprint density at radius 1 is 1.24 bits per heavy atom. The van der Waals surface area contributed by atoms with Crippen LogP contribution >= 0.6 is 0 Å². The Hall–Kier alpha value is -2.50. The summed E-state index contributed by atoms with van der Waals surface area (Å²) in [5.41, 5.74) is 1.78. The van der Waals surface area contributed by atoms with E-state index in [1.165, 1.54) is 0 Å². The first kappa shape index (κ1) is 17.3. The lowest BCUT2D eigenvalue weighted by Crippen LogP contribution is -2.41. The number of piperidine rings is 1. The molecule has 0 unspecified atom stereocenters. The van der Waals surface area contributed by atoms with Gasteiger partial charge in [0.1, 0.15) is 0 Å². The summed E-state index contributed by atoms with van der Waals surface area (Å²) >= 11 is 0. The van der Waals surface area contributed by atoms with E-state index in [1.54, 1.807) is 12.4 Å². The van der Waals surface area contributed by atoms with E-state index in [0.717, 1.165) is 49.6 Å². The number of pyridine rings is 1. The Morgan fingerprint density at radius 3 is 2.64 bits per heavy atom. The van der Waals surface area contributed by atoms with Crippen molar-refractivity contribution in [2.45, 2.75) is 26.7 Å². The minimum atomic E-state index is 0.109. The zero-order valence-corrected chi connectivity index (χ0v) is 14.9. The molecule has 1 aliphatic rings.